The monoisotopic (exact) mass is 451 g/mol. The van der Waals surface area contributed by atoms with Gasteiger partial charge in [-0.15, -0.1) is 0 Å². The van der Waals surface area contributed by atoms with Gasteiger partial charge in [0.25, 0.3) is 5.91 Å². The molecule has 176 valence electrons. The summed E-state index contributed by atoms with van der Waals surface area (Å²) < 4.78 is 2.99. The molecule has 0 aromatic carbocycles. The van der Waals surface area contributed by atoms with Crippen molar-refractivity contribution in [2.75, 3.05) is 13.2 Å². The zero-order chi connectivity index (χ0) is 23.4. The Balaban J connectivity index is 2.34. The number of hydrogen-bond acceptors (Lipinski definition) is 4. The molecule has 1 aromatic heterocycles. The molecule has 2 atom stereocenters. The molecule has 1 fully saturated rings. The molecule has 2 N–H and O–H groups in total. The van der Waals surface area contributed by atoms with Gasteiger partial charge in [-0.3, -0.25) is 13.5 Å². The Morgan fingerprint density at radius 1 is 1.29 bits per heavy atom. The van der Waals surface area contributed by atoms with Crippen molar-refractivity contribution in [3.05, 3.63) is 16.4 Å². The molecular weight excluding hydrogens is 410 g/mol. The fraction of sp³-hybridized carbons (Fsp3) is 0.792. The fourth-order valence-corrected chi connectivity index (χ4v) is 5.34. The standard InChI is InChI=1S/C24H41N3O3S/c1-8-9-11-17-16-27(22(2,3)4)31-20(17)26-21(30)24(7)13-12-18(23(24,5)6)19(29)25-14-10-15-28/h16,18,28H,8-15H2,1-7H3,(H,25,29)/t18-,24+/m1/s1. The Morgan fingerprint density at radius 2 is 1.97 bits per heavy atom. The number of rotatable bonds is 8. The quantitative estimate of drug-likeness (QED) is 0.586. The van der Waals surface area contributed by atoms with Crippen molar-refractivity contribution in [2.45, 2.75) is 92.5 Å². The molecule has 31 heavy (non-hydrogen) atoms. The van der Waals surface area contributed by atoms with Crippen LogP contribution in [-0.2, 0) is 21.5 Å². The third-order valence-electron chi connectivity index (χ3n) is 7.05. The highest BCUT2D eigenvalue weighted by Gasteiger charge is 2.58. The number of nitrogens with zero attached hydrogens (tertiary/aromatic N) is 2. The molecule has 1 aromatic rings. The van der Waals surface area contributed by atoms with Crippen LogP contribution in [-0.4, -0.2) is 34.0 Å². The first-order chi connectivity index (χ1) is 14.4. The van der Waals surface area contributed by atoms with Crippen molar-refractivity contribution in [3.8, 4) is 0 Å². The number of carbonyl (C=O) groups is 2. The first-order valence-corrected chi connectivity index (χ1v) is 12.4. The summed E-state index contributed by atoms with van der Waals surface area (Å²) >= 11 is 1.55. The highest BCUT2D eigenvalue weighted by Crippen LogP contribution is 2.56. The van der Waals surface area contributed by atoms with E-state index >= 15 is 0 Å². The summed E-state index contributed by atoms with van der Waals surface area (Å²) in [5.41, 5.74) is -0.119. The summed E-state index contributed by atoms with van der Waals surface area (Å²) in [6.07, 6.45) is 7.08. The molecule has 7 heteroatoms. The maximum Gasteiger partial charge on any atom is 0.253 e. The van der Waals surface area contributed by atoms with E-state index in [2.05, 4.69) is 48.2 Å². The minimum absolute atomic E-state index is 0.0275. The van der Waals surface area contributed by atoms with Gasteiger partial charge in [-0.2, -0.15) is 0 Å². The second-order valence-corrected chi connectivity index (χ2v) is 11.5. The van der Waals surface area contributed by atoms with Gasteiger partial charge < -0.3 is 10.4 Å². The van der Waals surface area contributed by atoms with Crippen LogP contribution >= 0.6 is 11.5 Å². The van der Waals surface area contributed by atoms with Gasteiger partial charge in [0.05, 0.1) is 5.41 Å². The minimum Gasteiger partial charge on any atom is -0.396 e. The molecule has 0 bridgehead atoms. The molecule has 0 unspecified atom stereocenters. The molecule has 0 spiro atoms. The largest absolute Gasteiger partial charge is 0.396 e. The SMILES string of the molecule is CCCCc1cn(C(C)(C)C)sc1=NC(=O)[C@]1(C)CC[C@H](C(=O)NCCCO)C1(C)C. The van der Waals surface area contributed by atoms with Crippen LogP contribution in [0, 0.1) is 16.7 Å². The second-order valence-electron chi connectivity index (χ2n) is 10.6. The number of aromatic nitrogens is 1. The molecule has 0 aliphatic heterocycles. The number of carbonyl (C=O) groups excluding carboxylic acids is 2. The maximum absolute atomic E-state index is 13.5. The van der Waals surface area contributed by atoms with Gasteiger partial charge in [0, 0.05) is 36.4 Å². The van der Waals surface area contributed by atoms with E-state index in [0.717, 1.165) is 29.5 Å². The third kappa shape index (κ3) is 5.48. The summed E-state index contributed by atoms with van der Waals surface area (Å²) in [5, 5.41) is 11.9. The van der Waals surface area contributed by atoms with E-state index in [9.17, 15) is 9.59 Å². The molecule has 2 amide bonds. The van der Waals surface area contributed by atoms with Gasteiger partial charge in [0.1, 0.15) is 4.67 Å². The zero-order valence-electron chi connectivity index (χ0n) is 20.4. The third-order valence-corrected chi connectivity index (χ3v) is 8.42. The van der Waals surface area contributed by atoms with E-state index in [0.29, 0.717) is 25.8 Å². The lowest BCUT2D eigenvalue weighted by Gasteiger charge is -2.38. The smallest absolute Gasteiger partial charge is 0.253 e. The van der Waals surface area contributed by atoms with E-state index in [1.807, 2.05) is 20.8 Å². The van der Waals surface area contributed by atoms with Crippen LogP contribution in [0.25, 0.3) is 0 Å². The number of unbranched alkanes of at least 4 members (excludes halogenated alkanes) is 1. The molecular formula is C24H41N3O3S. The normalized spacial score (nSPS) is 23.9. The van der Waals surface area contributed by atoms with Crippen LogP contribution < -0.4 is 9.99 Å². The highest BCUT2D eigenvalue weighted by atomic mass is 32.1. The summed E-state index contributed by atoms with van der Waals surface area (Å²) in [6, 6.07) is 0. The van der Waals surface area contributed by atoms with Crippen LogP contribution in [0.4, 0.5) is 0 Å². The fourth-order valence-electron chi connectivity index (χ4n) is 4.31. The van der Waals surface area contributed by atoms with Crippen molar-refractivity contribution >= 4 is 23.3 Å². The van der Waals surface area contributed by atoms with Gasteiger partial charge in [-0.1, -0.05) is 34.1 Å². The van der Waals surface area contributed by atoms with Gasteiger partial charge in [0.15, 0.2) is 0 Å². The predicted octanol–water partition coefficient (Wildman–Crippen LogP) is 4.02. The van der Waals surface area contributed by atoms with Crippen LogP contribution in [0.15, 0.2) is 11.2 Å². The lowest BCUT2D eigenvalue weighted by atomic mass is 9.65. The van der Waals surface area contributed by atoms with Crippen LogP contribution in [0.5, 0.6) is 0 Å². The molecule has 1 saturated carbocycles. The van der Waals surface area contributed by atoms with Crippen molar-refractivity contribution in [2.24, 2.45) is 21.7 Å². The average molecular weight is 452 g/mol. The molecule has 0 saturated heterocycles. The lowest BCUT2D eigenvalue weighted by Crippen LogP contribution is -2.45. The van der Waals surface area contributed by atoms with E-state index in [-0.39, 0.29) is 29.9 Å². The maximum atomic E-state index is 13.5. The zero-order valence-corrected chi connectivity index (χ0v) is 21.2. The van der Waals surface area contributed by atoms with Gasteiger partial charge in [0.2, 0.25) is 5.91 Å². The van der Waals surface area contributed by atoms with Crippen LogP contribution in [0.2, 0.25) is 0 Å². The van der Waals surface area contributed by atoms with Gasteiger partial charge >= 0.3 is 0 Å². The van der Waals surface area contributed by atoms with E-state index in [4.69, 9.17) is 5.11 Å². The van der Waals surface area contributed by atoms with Crippen molar-refractivity contribution in [1.82, 2.24) is 9.27 Å². The molecule has 1 aliphatic carbocycles. The molecule has 1 aliphatic rings. The van der Waals surface area contributed by atoms with E-state index in [1.165, 1.54) is 0 Å². The van der Waals surface area contributed by atoms with E-state index < -0.39 is 10.8 Å². The number of hydrogen-bond donors (Lipinski definition) is 2. The van der Waals surface area contributed by atoms with E-state index in [1.54, 1.807) is 11.5 Å². The molecule has 6 nitrogen and oxygen atoms in total. The summed E-state index contributed by atoms with van der Waals surface area (Å²) in [4.78, 5) is 30.9. The average Bonchev–Trinajstić information content (AvgIpc) is 3.19. The first kappa shape index (κ1) is 25.8. The Morgan fingerprint density at radius 3 is 2.55 bits per heavy atom. The molecule has 1 heterocycles. The summed E-state index contributed by atoms with van der Waals surface area (Å²) in [6.45, 7) is 15.1. The number of aryl methyl sites for hydroxylation is 1. The van der Waals surface area contributed by atoms with Gasteiger partial charge in [-0.25, -0.2) is 4.99 Å². The topological polar surface area (TPSA) is 83.7 Å². The Kier molecular flexibility index (Phi) is 8.31. The molecule has 2 rings (SSSR count). The lowest BCUT2D eigenvalue weighted by molar-refractivity contribution is -0.136. The Hall–Kier alpha value is -1.47. The van der Waals surface area contributed by atoms with Crippen LogP contribution in [0.1, 0.15) is 86.1 Å². The van der Waals surface area contributed by atoms with Crippen molar-refractivity contribution in [3.63, 3.8) is 0 Å². The Bertz CT molecular complexity index is 847. The van der Waals surface area contributed by atoms with Crippen LogP contribution in [0.3, 0.4) is 0 Å². The second kappa shape index (κ2) is 9.99. The number of aliphatic hydroxyl groups is 1. The summed E-state index contributed by atoms with van der Waals surface area (Å²) in [7, 11) is 0. The number of nitrogens with one attached hydrogen (secondary N) is 1. The summed E-state index contributed by atoms with van der Waals surface area (Å²) in [5.74, 6) is -0.387. The molecule has 0 radical (unpaired) electrons. The van der Waals surface area contributed by atoms with Crippen molar-refractivity contribution < 1.29 is 14.7 Å². The number of aliphatic hydroxyl groups excluding tert-OH is 1. The predicted molar refractivity (Wildman–Crippen MR) is 126 cm³/mol. The first-order valence-electron chi connectivity index (χ1n) is 11.6. The van der Waals surface area contributed by atoms with Crippen molar-refractivity contribution in [1.29, 1.82) is 0 Å². The van der Waals surface area contributed by atoms with Gasteiger partial charge in [-0.05, 0) is 69.8 Å². The Labute approximate surface area is 191 Å². The number of amides is 2. The highest BCUT2D eigenvalue weighted by molar-refractivity contribution is 7.04. The minimum atomic E-state index is -0.690.